The Morgan fingerprint density at radius 2 is 1.88 bits per heavy atom. The lowest BCUT2D eigenvalue weighted by Gasteiger charge is -2.45. The van der Waals surface area contributed by atoms with Crippen LogP contribution in [-0.2, 0) is 12.8 Å². The summed E-state index contributed by atoms with van der Waals surface area (Å²) in [6.45, 7) is 2.19. The number of aromatic nitrogens is 2. The maximum Gasteiger partial charge on any atom is 0.248 e. The van der Waals surface area contributed by atoms with Crippen LogP contribution in [0.25, 0.3) is 11.8 Å². The second-order valence-corrected chi connectivity index (χ2v) is 9.53. The van der Waals surface area contributed by atoms with E-state index in [-0.39, 0.29) is 5.41 Å². The fraction of sp³-hybridized carbons (Fsp3) is 0.357. The van der Waals surface area contributed by atoms with Gasteiger partial charge in [-0.2, -0.15) is 5.10 Å². The number of carbonyl (C=O) groups is 1. The molecular weight excluding hydrogens is 410 g/mol. The Morgan fingerprint density at radius 3 is 2.64 bits per heavy atom. The largest absolute Gasteiger partial charge is 0.389 e. The van der Waals surface area contributed by atoms with E-state index in [1.807, 2.05) is 47.3 Å². The molecule has 3 aromatic rings. The molecule has 1 amide bonds. The molecular formula is C28H31N3O2. The number of benzene rings is 2. The Kier molecular flexibility index (Phi) is 5.45. The summed E-state index contributed by atoms with van der Waals surface area (Å²) in [7, 11) is 0. The van der Waals surface area contributed by atoms with Gasteiger partial charge in [-0.05, 0) is 73.9 Å². The van der Waals surface area contributed by atoms with Crippen molar-refractivity contribution in [3.8, 4) is 5.69 Å². The van der Waals surface area contributed by atoms with Gasteiger partial charge in [-0.15, -0.1) is 0 Å². The van der Waals surface area contributed by atoms with Crippen LogP contribution in [0, 0.1) is 5.41 Å². The highest BCUT2D eigenvalue weighted by atomic mass is 16.3. The van der Waals surface area contributed by atoms with Gasteiger partial charge < -0.3 is 10.8 Å². The Bertz CT molecular complexity index is 1210. The molecule has 1 fully saturated rings. The van der Waals surface area contributed by atoms with Crippen LogP contribution in [0.2, 0.25) is 0 Å². The minimum absolute atomic E-state index is 0.291. The van der Waals surface area contributed by atoms with Crippen LogP contribution in [0.3, 0.4) is 0 Å². The predicted octanol–water partition coefficient (Wildman–Crippen LogP) is 4.85. The standard InChI is InChI=1S/C28H31N3O2/c1-2-14-27-18-21-19-30-31(23-9-4-3-5-10-23)25(21)17-22(27)13-16-28(27,33)15-12-20-8-6-7-11-24(20)26(29)32/h3-11,17,19,33H,2,12-16,18H2,1H3,(H2,29,32)/t27?,28-/m0/s1. The van der Waals surface area contributed by atoms with E-state index in [0.717, 1.165) is 49.0 Å². The maximum atomic E-state index is 12.1. The summed E-state index contributed by atoms with van der Waals surface area (Å²) in [5.74, 6) is -0.413. The van der Waals surface area contributed by atoms with Gasteiger partial charge in [0.1, 0.15) is 0 Å². The van der Waals surface area contributed by atoms with Crippen molar-refractivity contribution in [1.29, 1.82) is 0 Å². The van der Waals surface area contributed by atoms with E-state index >= 15 is 0 Å². The summed E-state index contributed by atoms with van der Waals surface area (Å²) in [5, 5.41) is 16.8. The molecule has 0 saturated heterocycles. The zero-order valence-corrected chi connectivity index (χ0v) is 19.1. The van der Waals surface area contributed by atoms with Gasteiger partial charge in [-0.1, -0.05) is 55.3 Å². The molecule has 2 aliphatic rings. The van der Waals surface area contributed by atoms with Crippen LogP contribution in [0.1, 0.15) is 66.2 Å². The highest BCUT2D eigenvalue weighted by molar-refractivity contribution is 5.94. The summed E-state index contributed by atoms with van der Waals surface area (Å²) in [5.41, 5.74) is 10.6. The number of aliphatic hydroxyl groups is 1. The quantitative estimate of drug-likeness (QED) is 0.550. The van der Waals surface area contributed by atoms with Crippen LogP contribution in [0.5, 0.6) is 0 Å². The number of amides is 1. The van der Waals surface area contributed by atoms with Crippen molar-refractivity contribution in [3.63, 3.8) is 0 Å². The summed E-state index contributed by atoms with van der Waals surface area (Å²) in [6, 6.07) is 17.7. The van der Waals surface area contributed by atoms with Gasteiger partial charge in [0.05, 0.1) is 23.2 Å². The van der Waals surface area contributed by atoms with Crippen LogP contribution in [0.15, 0.2) is 66.4 Å². The molecule has 1 unspecified atom stereocenters. The van der Waals surface area contributed by atoms with E-state index in [1.165, 1.54) is 11.1 Å². The first-order chi connectivity index (χ1) is 16.0. The number of fused-ring (bicyclic) bond motifs is 2. The zero-order valence-electron chi connectivity index (χ0n) is 19.1. The molecule has 5 nitrogen and oxygen atoms in total. The van der Waals surface area contributed by atoms with Crippen LogP contribution >= 0.6 is 0 Å². The minimum atomic E-state index is -0.827. The van der Waals surface area contributed by atoms with Crippen molar-refractivity contribution < 1.29 is 9.90 Å². The smallest absolute Gasteiger partial charge is 0.248 e. The SMILES string of the molecule is CCCC12Cc3cnn(-c4ccccc4)c3C=C1CC[C@@]2(O)CCc1ccccc1C(N)=O. The highest BCUT2D eigenvalue weighted by Gasteiger charge is 2.57. The molecule has 0 aliphatic heterocycles. The molecule has 1 saturated carbocycles. The van der Waals surface area contributed by atoms with Crippen molar-refractivity contribution >= 4 is 12.0 Å². The molecule has 0 radical (unpaired) electrons. The number of aryl methyl sites for hydroxylation is 1. The third kappa shape index (κ3) is 3.51. The van der Waals surface area contributed by atoms with E-state index in [2.05, 4.69) is 25.1 Å². The Hall–Kier alpha value is -3.18. The van der Waals surface area contributed by atoms with Crippen LogP contribution in [0.4, 0.5) is 0 Å². The molecule has 1 aromatic heterocycles. The molecule has 2 aliphatic carbocycles. The highest BCUT2D eigenvalue weighted by Crippen LogP contribution is 2.59. The Balaban J connectivity index is 1.49. The first-order valence-electron chi connectivity index (χ1n) is 11.9. The number of hydrogen-bond acceptors (Lipinski definition) is 3. The Morgan fingerprint density at radius 1 is 1.12 bits per heavy atom. The zero-order chi connectivity index (χ0) is 23.1. The second kappa shape index (κ2) is 8.31. The number of nitrogens with two attached hydrogens (primary N) is 1. The normalized spacial score (nSPS) is 23.6. The van der Waals surface area contributed by atoms with Gasteiger partial charge in [0, 0.05) is 11.0 Å². The number of rotatable bonds is 7. The van der Waals surface area contributed by atoms with E-state index < -0.39 is 11.5 Å². The van der Waals surface area contributed by atoms with E-state index in [0.29, 0.717) is 18.4 Å². The van der Waals surface area contributed by atoms with Crippen molar-refractivity contribution in [3.05, 3.63) is 88.8 Å². The lowest BCUT2D eigenvalue weighted by atomic mass is 9.62. The average molecular weight is 442 g/mol. The van der Waals surface area contributed by atoms with E-state index in [4.69, 9.17) is 10.8 Å². The molecule has 33 heavy (non-hydrogen) atoms. The van der Waals surface area contributed by atoms with Crippen molar-refractivity contribution in [2.45, 2.75) is 57.5 Å². The monoisotopic (exact) mass is 441 g/mol. The average Bonchev–Trinajstić information content (AvgIpc) is 3.36. The van der Waals surface area contributed by atoms with Crippen molar-refractivity contribution in [2.75, 3.05) is 0 Å². The first kappa shape index (κ1) is 21.7. The summed E-state index contributed by atoms with van der Waals surface area (Å²) in [4.78, 5) is 11.9. The second-order valence-electron chi connectivity index (χ2n) is 9.53. The van der Waals surface area contributed by atoms with Gasteiger partial charge >= 0.3 is 0 Å². The summed E-state index contributed by atoms with van der Waals surface area (Å²) < 4.78 is 2.01. The first-order valence-corrected chi connectivity index (χ1v) is 11.9. The molecule has 2 atom stereocenters. The lowest BCUT2D eigenvalue weighted by Crippen LogP contribution is -2.47. The van der Waals surface area contributed by atoms with Gasteiger partial charge in [-0.3, -0.25) is 4.79 Å². The molecule has 1 heterocycles. The Labute approximate surface area is 194 Å². The third-order valence-corrected chi connectivity index (χ3v) is 7.77. The number of nitrogens with zero attached hydrogens (tertiary/aromatic N) is 2. The van der Waals surface area contributed by atoms with Crippen molar-refractivity contribution in [1.82, 2.24) is 9.78 Å². The van der Waals surface area contributed by atoms with Gasteiger partial charge in [0.15, 0.2) is 0 Å². The van der Waals surface area contributed by atoms with Gasteiger partial charge in [-0.25, -0.2) is 4.68 Å². The molecule has 5 rings (SSSR count). The van der Waals surface area contributed by atoms with Crippen LogP contribution < -0.4 is 5.73 Å². The number of carbonyl (C=O) groups excluding carboxylic acids is 1. The molecule has 5 heteroatoms. The van der Waals surface area contributed by atoms with Crippen molar-refractivity contribution in [2.24, 2.45) is 11.1 Å². The number of para-hydroxylation sites is 1. The summed E-state index contributed by atoms with van der Waals surface area (Å²) in [6.07, 6.45) is 9.83. The predicted molar refractivity (Wildman–Crippen MR) is 130 cm³/mol. The van der Waals surface area contributed by atoms with Gasteiger partial charge in [0.2, 0.25) is 5.91 Å². The lowest BCUT2D eigenvalue weighted by molar-refractivity contribution is -0.0593. The summed E-state index contributed by atoms with van der Waals surface area (Å²) >= 11 is 0. The topological polar surface area (TPSA) is 81.1 Å². The van der Waals surface area contributed by atoms with E-state index in [1.54, 1.807) is 6.07 Å². The van der Waals surface area contributed by atoms with Crippen LogP contribution in [-0.4, -0.2) is 26.4 Å². The van der Waals surface area contributed by atoms with E-state index in [9.17, 15) is 9.90 Å². The number of hydrogen-bond donors (Lipinski definition) is 2. The molecule has 170 valence electrons. The number of primary amides is 1. The fourth-order valence-corrected chi connectivity index (χ4v) is 6.15. The molecule has 0 bridgehead atoms. The maximum absolute atomic E-state index is 12.1. The third-order valence-electron chi connectivity index (χ3n) is 7.77. The molecule has 0 spiro atoms. The van der Waals surface area contributed by atoms with Gasteiger partial charge in [0.25, 0.3) is 0 Å². The minimum Gasteiger partial charge on any atom is -0.389 e. The fourth-order valence-electron chi connectivity index (χ4n) is 6.15. The molecule has 3 N–H and O–H groups in total. The molecule has 2 aromatic carbocycles.